The summed E-state index contributed by atoms with van der Waals surface area (Å²) in [6, 6.07) is 7.48. The standard InChI is InChI=1S/C13H17NO2/c1-16-12(15)10-5-4-6-11(9-10)13(14)7-2-3-8-13/h4-6,9H,2-3,7-8,14H2,1H3. The van der Waals surface area contributed by atoms with Gasteiger partial charge in [-0.2, -0.15) is 0 Å². The number of carbonyl (C=O) groups excluding carboxylic acids is 1. The summed E-state index contributed by atoms with van der Waals surface area (Å²) in [5.41, 5.74) is 7.72. The lowest BCUT2D eigenvalue weighted by atomic mass is 9.88. The van der Waals surface area contributed by atoms with E-state index >= 15 is 0 Å². The molecule has 1 aromatic carbocycles. The second-order valence-corrected chi connectivity index (χ2v) is 4.44. The third-order valence-corrected chi connectivity index (χ3v) is 3.35. The first-order valence-electron chi connectivity index (χ1n) is 5.63. The van der Waals surface area contributed by atoms with Gasteiger partial charge in [-0.05, 0) is 30.5 Å². The SMILES string of the molecule is COC(=O)c1cccc(C2(N)CCCC2)c1. The van der Waals surface area contributed by atoms with Crippen LogP contribution in [0.15, 0.2) is 24.3 Å². The predicted octanol–water partition coefficient (Wildman–Crippen LogP) is 2.20. The molecule has 3 heteroatoms. The van der Waals surface area contributed by atoms with Crippen LogP contribution in [0.4, 0.5) is 0 Å². The summed E-state index contributed by atoms with van der Waals surface area (Å²) in [4.78, 5) is 11.4. The Labute approximate surface area is 95.6 Å². The average molecular weight is 219 g/mol. The fraction of sp³-hybridized carbons (Fsp3) is 0.462. The smallest absolute Gasteiger partial charge is 0.337 e. The van der Waals surface area contributed by atoms with Crippen molar-refractivity contribution >= 4 is 5.97 Å². The number of rotatable bonds is 2. The molecular weight excluding hydrogens is 202 g/mol. The molecule has 0 spiro atoms. The van der Waals surface area contributed by atoms with Gasteiger partial charge in [0.15, 0.2) is 0 Å². The summed E-state index contributed by atoms with van der Waals surface area (Å²) in [6.07, 6.45) is 4.33. The minimum Gasteiger partial charge on any atom is -0.465 e. The number of methoxy groups -OCH3 is 1. The third-order valence-electron chi connectivity index (χ3n) is 3.35. The van der Waals surface area contributed by atoms with Crippen molar-refractivity contribution in [2.24, 2.45) is 5.73 Å². The van der Waals surface area contributed by atoms with Crippen LogP contribution < -0.4 is 5.73 Å². The number of nitrogens with two attached hydrogens (primary N) is 1. The second-order valence-electron chi connectivity index (χ2n) is 4.44. The van der Waals surface area contributed by atoms with E-state index in [1.54, 1.807) is 6.07 Å². The Morgan fingerprint density at radius 3 is 2.69 bits per heavy atom. The zero-order valence-electron chi connectivity index (χ0n) is 9.53. The van der Waals surface area contributed by atoms with Gasteiger partial charge in [0.2, 0.25) is 0 Å². The van der Waals surface area contributed by atoms with Crippen molar-refractivity contribution in [1.29, 1.82) is 0 Å². The lowest BCUT2D eigenvalue weighted by Gasteiger charge is -2.24. The molecule has 1 aromatic rings. The molecule has 0 unspecified atom stereocenters. The van der Waals surface area contributed by atoms with Gasteiger partial charge in [-0.15, -0.1) is 0 Å². The molecule has 1 fully saturated rings. The minimum absolute atomic E-state index is 0.246. The maximum Gasteiger partial charge on any atom is 0.337 e. The largest absolute Gasteiger partial charge is 0.465 e. The summed E-state index contributed by atoms with van der Waals surface area (Å²) in [5.74, 6) is -0.302. The van der Waals surface area contributed by atoms with Crippen LogP contribution in [-0.2, 0) is 10.3 Å². The summed E-state index contributed by atoms with van der Waals surface area (Å²) in [7, 11) is 1.39. The van der Waals surface area contributed by atoms with Crippen molar-refractivity contribution in [2.45, 2.75) is 31.2 Å². The van der Waals surface area contributed by atoms with Crippen LogP contribution in [0.1, 0.15) is 41.6 Å². The Bertz CT molecular complexity index is 395. The lowest BCUT2D eigenvalue weighted by molar-refractivity contribution is 0.0600. The number of ether oxygens (including phenoxy) is 1. The van der Waals surface area contributed by atoms with Gasteiger partial charge < -0.3 is 10.5 Å². The lowest BCUT2D eigenvalue weighted by Crippen LogP contribution is -2.33. The van der Waals surface area contributed by atoms with E-state index in [0.717, 1.165) is 18.4 Å². The number of benzene rings is 1. The van der Waals surface area contributed by atoms with Crippen LogP contribution in [0.5, 0.6) is 0 Å². The van der Waals surface area contributed by atoms with Crippen molar-refractivity contribution in [3.63, 3.8) is 0 Å². The summed E-state index contributed by atoms with van der Waals surface area (Å²) in [6.45, 7) is 0. The first-order valence-corrected chi connectivity index (χ1v) is 5.63. The molecule has 0 amide bonds. The molecule has 3 nitrogen and oxygen atoms in total. The van der Waals surface area contributed by atoms with Gasteiger partial charge in [-0.25, -0.2) is 4.79 Å². The van der Waals surface area contributed by atoms with Crippen molar-refractivity contribution < 1.29 is 9.53 Å². The average Bonchev–Trinajstić information content (AvgIpc) is 2.77. The molecule has 2 N–H and O–H groups in total. The highest BCUT2D eigenvalue weighted by Gasteiger charge is 2.31. The van der Waals surface area contributed by atoms with Gasteiger partial charge in [0.1, 0.15) is 0 Å². The summed E-state index contributed by atoms with van der Waals surface area (Å²) in [5, 5.41) is 0. The van der Waals surface area contributed by atoms with Crippen LogP contribution in [0.2, 0.25) is 0 Å². The Balaban J connectivity index is 2.32. The molecule has 0 bridgehead atoms. The first-order chi connectivity index (χ1) is 7.65. The highest BCUT2D eigenvalue weighted by molar-refractivity contribution is 5.89. The molecule has 0 saturated heterocycles. The molecular formula is C13H17NO2. The summed E-state index contributed by atoms with van der Waals surface area (Å²) < 4.78 is 4.71. The molecule has 1 aliphatic rings. The Hall–Kier alpha value is -1.35. The minimum atomic E-state index is -0.302. The van der Waals surface area contributed by atoms with E-state index in [1.807, 2.05) is 18.2 Å². The van der Waals surface area contributed by atoms with Gasteiger partial charge >= 0.3 is 5.97 Å². The van der Waals surface area contributed by atoms with Gasteiger partial charge in [0.05, 0.1) is 12.7 Å². The maximum absolute atomic E-state index is 11.4. The van der Waals surface area contributed by atoms with E-state index in [2.05, 4.69) is 0 Å². The normalized spacial score (nSPS) is 18.4. The zero-order chi connectivity index (χ0) is 11.6. The van der Waals surface area contributed by atoms with Crippen LogP contribution in [0.25, 0.3) is 0 Å². The summed E-state index contributed by atoms with van der Waals surface area (Å²) >= 11 is 0. The molecule has 86 valence electrons. The Morgan fingerprint density at radius 2 is 2.06 bits per heavy atom. The van der Waals surface area contributed by atoms with Crippen LogP contribution in [0, 0.1) is 0 Å². The molecule has 0 aliphatic heterocycles. The monoisotopic (exact) mass is 219 g/mol. The van der Waals surface area contributed by atoms with E-state index in [-0.39, 0.29) is 11.5 Å². The Morgan fingerprint density at radius 1 is 1.38 bits per heavy atom. The van der Waals surface area contributed by atoms with Crippen LogP contribution in [0.3, 0.4) is 0 Å². The zero-order valence-corrected chi connectivity index (χ0v) is 9.53. The fourth-order valence-corrected chi connectivity index (χ4v) is 2.37. The molecule has 1 aliphatic carbocycles. The van der Waals surface area contributed by atoms with E-state index in [9.17, 15) is 4.79 Å². The van der Waals surface area contributed by atoms with E-state index in [4.69, 9.17) is 10.5 Å². The van der Waals surface area contributed by atoms with Crippen LogP contribution in [-0.4, -0.2) is 13.1 Å². The van der Waals surface area contributed by atoms with E-state index in [1.165, 1.54) is 20.0 Å². The molecule has 0 radical (unpaired) electrons. The molecule has 1 saturated carbocycles. The second kappa shape index (κ2) is 4.26. The molecule has 16 heavy (non-hydrogen) atoms. The predicted molar refractivity (Wildman–Crippen MR) is 62.1 cm³/mol. The highest BCUT2D eigenvalue weighted by Crippen LogP contribution is 2.36. The van der Waals surface area contributed by atoms with Crippen molar-refractivity contribution in [2.75, 3.05) is 7.11 Å². The first kappa shape index (κ1) is 11.1. The third kappa shape index (κ3) is 1.95. The fourth-order valence-electron chi connectivity index (χ4n) is 2.37. The van der Waals surface area contributed by atoms with E-state index < -0.39 is 0 Å². The van der Waals surface area contributed by atoms with Gasteiger partial charge in [-0.3, -0.25) is 0 Å². The van der Waals surface area contributed by atoms with Crippen LogP contribution >= 0.6 is 0 Å². The molecule has 0 aromatic heterocycles. The van der Waals surface area contributed by atoms with Crippen molar-refractivity contribution in [1.82, 2.24) is 0 Å². The van der Waals surface area contributed by atoms with Gasteiger partial charge in [0.25, 0.3) is 0 Å². The number of hydrogen-bond acceptors (Lipinski definition) is 3. The number of esters is 1. The molecule has 2 rings (SSSR count). The number of carbonyl (C=O) groups is 1. The Kier molecular flexibility index (Phi) is 2.97. The molecule has 0 heterocycles. The van der Waals surface area contributed by atoms with Gasteiger partial charge in [0, 0.05) is 5.54 Å². The van der Waals surface area contributed by atoms with E-state index in [0.29, 0.717) is 5.56 Å². The van der Waals surface area contributed by atoms with Crippen molar-refractivity contribution in [3.8, 4) is 0 Å². The van der Waals surface area contributed by atoms with Crippen molar-refractivity contribution in [3.05, 3.63) is 35.4 Å². The molecule has 0 atom stereocenters. The van der Waals surface area contributed by atoms with Gasteiger partial charge in [-0.1, -0.05) is 25.0 Å². The highest BCUT2D eigenvalue weighted by atomic mass is 16.5. The maximum atomic E-state index is 11.4. The quantitative estimate of drug-likeness (QED) is 0.776. The topological polar surface area (TPSA) is 52.3 Å². The number of hydrogen-bond donors (Lipinski definition) is 1.